The van der Waals surface area contributed by atoms with Crippen LogP contribution in [-0.4, -0.2) is 47.2 Å². The Hall–Kier alpha value is -2.12. The van der Waals surface area contributed by atoms with Crippen molar-refractivity contribution in [1.29, 1.82) is 0 Å². The number of methoxy groups -OCH3 is 1. The van der Waals surface area contributed by atoms with Crippen LogP contribution in [0.25, 0.3) is 0 Å². The number of nitrogens with zero attached hydrogens (tertiary/aromatic N) is 3. The third kappa shape index (κ3) is 3.46. The van der Waals surface area contributed by atoms with Crippen LogP contribution in [-0.2, 0) is 29.7 Å². The number of furan rings is 1. The number of carbonyl (C=O) groups is 1. The summed E-state index contributed by atoms with van der Waals surface area (Å²) < 4.78 is 12.1. The molecular weight excluding hydrogens is 296 g/mol. The molecule has 0 fully saturated rings. The predicted molar refractivity (Wildman–Crippen MR) is 83.7 cm³/mol. The third-order valence-corrected chi connectivity index (χ3v) is 4.11. The van der Waals surface area contributed by atoms with Crippen molar-refractivity contribution >= 4 is 5.91 Å². The molecule has 0 spiro atoms. The van der Waals surface area contributed by atoms with Gasteiger partial charge in [-0.25, -0.2) is 4.98 Å². The van der Waals surface area contributed by atoms with E-state index in [4.69, 9.17) is 9.15 Å². The molecule has 7 nitrogen and oxygen atoms in total. The first kappa shape index (κ1) is 15.8. The van der Waals surface area contributed by atoms with Gasteiger partial charge in [0.15, 0.2) is 0 Å². The normalized spacial score (nSPS) is 17.9. The highest BCUT2D eigenvalue weighted by Crippen LogP contribution is 2.28. The molecule has 1 unspecified atom stereocenters. The van der Waals surface area contributed by atoms with E-state index in [0.29, 0.717) is 19.7 Å². The molecule has 124 valence electrons. The zero-order chi connectivity index (χ0) is 16.2. The summed E-state index contributed by atoms with van der Waals surface area (Å²) in [4.78, 5) is 19.3. The van der Waals surface area contributed by atoms with Crippen LogP contribution in [0.1, 0.15) is 22.9 Å². The van der Waals surface area contributed by atoms with Crippen molar-refractivity contribution in [2.45, 2.75) is 19.0 Å². The number of rotatable bonds is 6. The van der Waals surface area contributed by atoms with Gasteiger partial charge in [0.2, 0.25) is 5.91 Å². The number of amides is 1. The van der Waals surface area contributed by atoms with Gasteiger partial charge in [-0.2, -0.15) is 0 Å². The molecule has 1 amide bonds. The number of ether oxygens (including phenoxy) is 1. The van der Waals surface area contributed by atoms with Crippen molar-refractivity contribution in [2.24, 2.45) is 7.05 Å². The van der Waals surface area contributed by atoms with Crippen LogP contribution in [0, 0.1) is 0 Å². The molecule has 1 aliphatic heterocycles. The van der Waals surface area contributed by atoms with Crippen LogP contribution in [0.15, 0.2) is 29.3 Å². The molecule has 1 N–H and O–H groups in total. The molecule has 0 radical (unpaired) electrons. The minimum Gasteiger partial charge on any atom is -0.472 e. The second-order valence-corrected chi connectivity index (χ2v) is 5.83. The number of aromatic nitrogens is 2. The maximum absolute atomic E-state index is 12.6. The number of fused-ring (bicyclic) bond motifs is 1. The molecule has 1 aliphatic rings. The summed E-state index contributed by atoms with van der Waals surface area (Å²) in [5.74, 6) is -0.209. The van der Waals surface area contributed by atoms with Gasteiger partial charge in [-0.1, -0.05) is 0 Å². The van der Waals surface area contributed by atoms with Crippen molar-refractivity contribution in [2.75, 3.05) is 26.8 Å². The molecule has 1 atom stereocenters. The molecule has 0 bridgehead atoms. The van der Waals surface area contributed by atoms with Gasteiger partial charge in [-0.05, 0) is 6.07 Å². The molecule has 0 aliphatic carbocycles. The Morgan fingerprint density at radius 3 is 3.17 bits per heavy atom. The van der Waals surface area contributed by atoms with Crippen LogP contribution >= 0.6 is 0 Å². The molecule has 2 aromatic heterocycles. The Balaban J connectivity index is 1.76. The summed E-state index contributed by atoms with van der Waals surface area (Å²) >= 11 is 0. The van der Waals surface area contributed by atoms with E-state index in [0.717, 1.165) is 30.0 Å². The second kappa shape index (κ2) is 6.97. The summed E-state index contributed by atoms with van der Waals surface area (Å²) in [6.45, 7) is 3.17. The van der Waals surface area contributed by atoms with Gasteiger partial charge in [0, 0.05) is 45.9 Å². The average molecular weight is 318 g/mol. The zero-order valence-electron chi connectivity index (χ0n) is 13.5. The lowest BCUT2D eigenvalue weighted by Gasteiger charge is -2.31. The molecule has 3 rings (SSSR count). The van der Waals surface area contributed by atoms with Gasteiger partial charge in [0.05, 0.1) is 42.8 Å². The number of hydrogen-bond donors (Lipinski definition) is 1. The van der Waals surface area contributed by atoms with Crippen molar-refractivity contribution in [3.05, 3.63) is 41.9 Å². The van der Waals surface area contributed by atoms with Crippen LogP contribution in [0.4, 0.5) is 0 Å². The summed E-state index contributed by atoms with van der Waals surface area (Å²) in [7, 11) is 3.56. The fraction of sp³-hybridized carbons (Fsp3) is 0.500. The Labute approximate surface area is 135 Å². The highest BCUT2D eigenvalue weighted by molar-refractivity contribution is 5.84. The molecular formula is C16H22N4O3. The lowest BCUT2D eigenvalue weighted by Crippen LogP contribution is -2.42. The van der Waals surface area contributed by atoms with E-state index in [9.17, 15) is 4.79 Å². The quantitative estimate of drug-likeness (QED) is 0.800. The van der Waals surface area contributed by atoms with E-state index in [1.807, 2.05) is 17.7 Å². The highest BCUT2D eigenvalue weighted by Gasteiger charge is 2.33. The van der Waals surface area contributed by atoms with Gasteiger partial charge < -0.3 is 19.0 Å². The first-order valence-corrected chi connectivity index (χ1v) is 7.69. The van der Waals surface area contributed by atoms with E-state index in [2.05, 4.69) is 15.2 Å². The lowest BCUT2D eigenvalue weighted by molar-refractivity contribution is -0.123. The third-order valence-electron chi connectivity index (χ3n) is 4.11. The fourth-order valence-corrected chi connectivity index (χ4v) is 3.05. The molecule has 2 aromatic rings. The summed E-state index contributed by atoms with van der Waals surface area (Å²) in [6.07, 6.45) is 5.18. The molecule has 23 heavy (non-hydrogen) atoms. The van der Waals surface area contributed by atoms with Gasteiger partial charge in [-0.15, -0.1) is 0 Å². The van der Waals surface area contributed by atoms with E-state index in [-0.39, 0.29) is 11.8 Å². The van der Waals surface area contributed by atoms with Gasteiger partial charge in [0.25, 0.3) is 0 Å². The maximum atomic E-state index is 12.6. The van der Waals surface area contributed by atoms with Gasteiger partial charge >= 0.3 is 0 Å². The average Bonchev–Trinajstić information content (AvgIpc) is 3.17. The number of hydrogen-bond acceptors (Lipinski definition) is 5. The van der Waals surface area contributed by atoms with Crippen LogP contribution in [0.5, 0.6) is 0 Å². The SMILES string of the molecule is COCCNC(=O)C1CN(Cc2ccoc2)Cc2ncn(C)c21. The Morgan fingerprint density at radius 1 is 1.57 bits per heavy atom. The van der Waals surface area contributed by atoms with Crippen molar-refractivity contribution in [3.63, 3.8) is 0 Å². The number of aryl methyl sites for hydroxylation is 1. The van der Waals surface area contributed by atoms with E-state index in [1.54, 1.807) is 26.0 Å². The summed E-state index contributed by atoms with van der Waals surface area (Å²) in [5.41, 5.74) is 3.07. The van der Waals surface area contributed by atoms with Crippen LogP contribution < -0.4 is 5.32 Å². The van der Waals surface area contributed by atoms with Crippen LogP contribution in [0.2, 0.25) is 0 Å². The first-order chi connectivity index (χ1) is 11.2. The first-order valence-electron chi connectivity index (χ1n) is 7.69. The molecule has 0 aromatic carbocycles. The topological polar surface area (TPSA) is 72.5 Å². The minimum atomic E-state index is -0.227. The molecule has 3 heterocycles. The van der Waals surface area contributed by atoms with E-state index < -0.39 is 0 Å². The molecule has 7 heteroatoms. The predicted octanol–water partition coefficient (Wildman–Crippen LogP) is 0.875. The molecule has 0 saturated carbocycles. The monoisotopic (exact) mass is 318 g/mol. The Kier molecular flexibility index (Phi) is 4.78. The Morgan fingerprint density at radius 2 is 2.43 bits per heavy atom. The summed E-state index contributed by atoms with van der Waals surface area (Å²) in [5, 5.41) is 2.94. The second-order valence-electron chi connectivity index (χ2n) is 5.83. The lowest BCUT2D eigenvalue weighted by atomic mass is 9.96. The Bertz CT molecular complexity index is 650. The van der Waals surface area contributed by atoms with Crippen molar-refractivity contribution < 1.29 is 13.9 Å². The van der Waals surface area contributed by atoms with Gasteiger partial charge in [0.1, 0.15) is 0 Å². The fourth-order valence-electron chi connectivity index (χ4n) is 3.05. The number of carbonyl (C=O) groups excluding carboxylic acids is 1. The van der Waals surface area contributed by atoms with Crippen molar-refractivity contribution in [1.82, 2.24) is 19.8 Å². The standard InChI is InChI=1S/C16H22N4O3/c1-19-11-18-14-9-20(7-12-3-5-23-10-12)8-13(15(14)19)16(21)17-4-6-22-2/h3,5,10-11,13H,4,6-9H2,1-2H3,(H,17,21). The van der Waals surface area contributed by atoms with Crippen molar-refractivity contribution in [3.8, 4) is 0 Å². The van der Waals surface area contributed by atoms with E-state index >= 15 is 0 Å². The smallest absolute Gasteiger partial charge is 0.230 e. The summed E-state index contributed by atoms with van der Waals surface area (Å²) in [6, 6.07) is 1.95. The minimum absolute atomic E-state index is 0.0174. The van der Waals surface area contributed by atoms with Gasteiger partial charge in [-0.3, -0.25) is 9.69 Å². The zero-order valence-corrected chi connectivity index (χ0v) is 13.5. The van der Waals surface area contributed by atoms with Crippen LogP contribution in [0.3, 0.4) is 0 Å². The van der Waals surface area contributed by atoms with E-state index in [1.165, 1.54) is 0 Å². The number of imidazole rings is 1. The maximum Gasteiger partial charge on any atom is 0.230 e. The number of nitrogens with one attached hydrogen (secondary N) is 1. The molecule has 0 saturated heterocycles. The highest BCUT2D eigenvalue weighted by atomic mass is 16.5. The largest absolute Gasteiger partial charge is 0.472 e.